The van der Waals surface area contributed by atoms with Gasteiger partial charge in [0.15, 0.2) is 0 Å². The number of hydrogen-bond donors (Lipinski definition) is 2. The maximum atomic E-state index is 5.90. The molecule has 2 atom stereocenters. The summed E-state index contributed by atoms with van der Waals surface area (Å²) < 4.78 is 5.90. The molecule has 0 heterocycles. The SMILES string of the molecule is CCCCCCC(NN)C(OCC)c1ccccc1. The van der Waals surface area contributed by atoms with Gasteiger partial charge in [0, 0.05) is 6.61 Å². The van der Waals surface area contributed by atoms with E-state index < -0.39 is 0 Å². The van der Waals surface area contributed by atoms with Crippen molar-refractivity contribution in [3.05, 3.63) is 35.9 Å². The monoisotopic (exact) mass is 264 g/mol. The number of benzene rings is 1. The number of rotatable bonds is 10. The highest BCUT2D eigenvalue weighted by atomic mass is 16.5. The van der Waals surface area contributed by atoms with Crippen LogP contribution in [0.15, 0.2) is 30.3 Å². The minimum absolute atomic E-state index is 0.0397. The van der Waals surface area contributed by atoms with Gasteiger partial charge in [0.1, 0.15) is 0 Å². The third kappa shape index (κ3) is 5.72. The molecule has 0 saturated heterocycles. The first-order chi connectivity index (χ1) is 9.33. The number of hydrazine groups is 1. The van der Waals surface area contributed by atoms with Gasteiger partial charge in [-0.05, 0) is 18.9 Å². The van der Waals surface area contributed by atoms with Gasteiger partial charge in [-0.15, -0.1) is 0 Å². The quantitative estimate of drug-likeness (QED) is 0.386. The summed E-state index contributed by atoms with van der Waals surface area (Å²) in [4.78, 5) is 0. The Morgan fingerprint density at radius 2 is 1.84 bits per heavy atom. The third-order valence-electron chi connectivity index (χ3n) is 3.42. The van der Waals surface area contributed by atoms with E-state index in [1.54, 1.807) is 0 Å². The minimum Gasteiger partial charge on any atom is -0.372 e. The maximum absolute atomic E-state index is 5.90. The molecule has 0 aliphatic rings. The van der Waals surface area contributed by atoms with E-state index in [9.17, 15) is 0 Å². The fraction of sp³-hybridized carbons (Fsp3) is 0.625. The second-order valence-electron chi connectivity index (χ2n) is 4.91. The third-order valence-corrected chi connectivity index (χ3v) is 3.42. The summed E-state index contributed by atoms with van der Waals surface area (Å²) in [5, 5.41) is 0. The highest BCUT2D eigenvalue weighted by Gasteiger charge is 2.21. The van der Waals surface area contributed by atoms with Crippen LogP contribution >= 0.6 is 0 Å². The summed E-state index contributed by atoms with van der Waals surface area (Å²) in [6.45, 7) is 4.96. The molecule has 1 rings (SSSR count). The molecule has 3 N–H and O–H groups in total. The molecule has 1 aromatic carbocycles. The van der Waals surface area contributed by atoms with Gasteiger partial charge in [-0.3, -0.25) is 11.3 Å². The van der Waals surface area contributed by atoms with E-state index in [-0.39, 0.29) is 12.1 Å². The zero-order valence-electron chi connectivity index (χ0n) is 12.3. The van der Waals surface area contributed by atoms with Crippen molar-refractivity contribution in [1.82, 2.24) is 5.43 Å². The molecule has 0 amide bonds. The number of hydrogen-bond acceptors (Lipinski definition) is 3. The Bertz CT molecular complexity index is 316. The molecule has 3 heteroatoms. The lowest BCUT2D eigenvalue weighted by atomic mass is 9.97. The zero-order chi connectivity index (χ0) is 13.9. The van der Waals surface area contributed by atoms with E-state index in [2.05, 4.69) is 24.5 Å². The molecule has 108 valence electrons. The Balaban J connectivity index is 2.61. The Kier molecular flexibility index (Phi) is 8.47. The number of unbranched alkanes of at least 4 members (excludes halogenated alkanes) is 3. The molecule has 0 aromatic heterocycles. The van der Waals surface area contributed by atoms with Gasteiger partial charge in [-0.25, -0.2) is 0 Å². The smallest absolute Gasteiger partial charge is 0.0991 e. The molecule has 0 bridgehead atoms. The molecule has 0 radical (unpaired) electrons. The lowest BCUT2D eigenvalue weighted by Crippen LogP contribution is -2.40. The molecule has 0 aliphatic heterocycles. The van der Waals surface area contributed by atoms with E-state index in [1.165, 1.54) is 31.2 Å². The van der Waals surface area contributed by atoms with Gasteiger partial charge in [-0.2, -0.15) is 0 Å². The second kappa shape index (κ2) is 9.96. The molecule has 19 heavy (non-hydrogen) atoms. The van der Waals surface area contributed by atoms with E-state index >= 15 is 0 Å². The molecule has 0 spiro atoms. The van der Waals surface area contributed by atoms with Gasteiger partial charge in [0.05, 0.1) is 12.1 Å². The molecule has 2 unspecified atom stereocenters. The minimum atomic E-state index is 0.0397. The fourth-order valence-electron chi connectivity index (χ4n) is 2.38. The van der Waals surface area contributed by atoms with Crippen LogP contribution in [0.3, 0.4) is 0 Å². The van der Waals surface area contributed by atoms with E-state index in [0.29, 0.717) is 6.61 Å². The predicted octanol–water partition coefficient (Wildman–Crippen LogP) is 3.57. The van der Waals surface area contributed by atoms with Crippen molar-refractivity contribution in [1.29, 1.82) is 0 Å². The maximum Gasteiger partial charge on any atom is 0.0991 e. The van der Waals surface area contributed by atoms with Crippen LogP contribution in [0.5, 0.6) is 0 Å². The van der Waals surface area contributed by atoms with Crippen molar-refractivity contribution < 1.29 is 4.74 Å². The van der Waals surface area contributed by atoms with Gasteiger partial charge in [-0.1, -0.05) is 62.9 Å². The Hall–Kier alpha value is -0.900. The van der Waals surface area contributed by atoms with Gasteiger partial charge >= 0.3 is 0 Å². The van der Waals surface area contributed by atoms with Crippen molar-refractivity contribution in [2.75, 3.05) is 6.61 Å². The molecule has 1 aromatic rings. The first-order valence-corrected chi connectivity index (χ1v) is 7.46. The highest BCUT2D eigenvalue weighted by molar-refractivity contribution is 5.19. The predicted molar refractivity (Wildman–Crippen MR) is 80.7 cm³/mol. The second-order valence-corrected chi connectivity index (χ2v) is 4.91. The summed E-state index contributed by atoms with van der Waals surface area (Å²) in [6.07, 6.45) is 6.10. The van der Waals surface area contributed by atoms with Gasteiger partial charge < -0.3 is 4.74 Å². The first-order valence-electron chi connectivity index (χ1n) is 7.46. The molecular weight excluding hydrogens is 236 g/mol. The molecule has 3 nitrogen and oxygen atoms in total. The lowest BCUT2D eigenvalue weighted by Gasteiger charge is -2.27. The summed E-state index contributed by atoms with van der Waals surface area (Å²) in [6, 6.07) is 10.5. The van der Waals surface area contributed by atoms with Crippen molar-refractivity contribution in [2.45, 2.75) is 58.1 Å². The van der Waals surface area contributed by atoms with E-state index in [4.69, 9.17) is 10.6 Å². The van der Waals surface area contributed by atoms with Crippen LogP contribution in [0.25, 0.3) is 0 Å². The van der Waals surface area contributed by atoms with E-state index in [1.807, 2.05) is 25.1 Å². The average Bonchev–Trinajstić information content (AvgIpc) is 2.47. The van der Waals surface area contributed by atoms with Crippen LogP contribution in [0.1, 0.15) is 57.6 Å². The van der Waals surface area contributed by atoms with Crippen LogP contribution < -0.4 is 11.3 Å². The average molecular weight is 264 g/mol. The molecule has 0 saturated carbocycles. The van der Waals surface area contributed by atoms with E-state index in [0.717, 1.165) is 6.42 Å². The largest absolute Gasteiger partial charge is 0.372 e. The highest BCUT2D eigenvalue weighted by Crippen LogP contribution is 2.24. The number of ether oxygens (including phenoxy) is 1. The van der Waals surface area contributed by atoms with Crippen LogP contribution in [-0.4, -0.2) is 12.6 Å². The van der Waals surface area contributed by atoms with Gasteiger partial charge in [0.2, 0.25) is 0 Å². The van der Waals surface area contributed by atoms with Gasteiger partial charge in [0.25, 0.3) is 0 Å². The number of nitrogens with two attached hydrogens (primary N) is 1. The summed E-state index contributed by atoms with van der Waals surface area (Å²) in [7, 11) is 0. The van der Waals surface area contributed by atoms with Crippen molar-refractivity contribution >= 4 is 0 Å². The Labute approximate surface area is 117 Å². The first kappa shape index (κ1) is 16.2. The van der Waals surface area contributed by atoms with Crippen molar-refractivity contribution in [3.8, 4) is 0 Å². The summed E-state index contributed by atoms with van der Waals surface area (Å²) >= 11 is 0. The van der Waals surface area contributed by atoms with Crippen LogP contribution in [0.2, 0.25) is 0 Å². The normalized spacial score (nSPS) is 14.3. The van der Waals surface area contributed by atoms with Crippen LogP contribution in [0, 0.1) is 0 Å². The fourth-order valence-corrected chi connectivity index (χ4v) is 2.38. The molecule has 0 fully saturated rings. The Morgan fingerprint density at radius 1 is 1.11 bits per heavy atom. The molecular formula is C16H28N2O. The zero-order valence-corrected chi connectivity index (χ0v) is 12.3. The number of nitrogens with one attached hydrogen (secondary N) is 1. The van der Waals surface area contributed by atoms with Crippen molar-refractivity contribution in [2.24, 2.45) is 5.84 Å². The summed E-state index contributed by atoms with van der Waals surface area (Å²) in [5.41, 5.74) is 4.13. The van der Waals surface area contributed by atoms with Crippen LogP contribution in [0.4, 0.5) is 0 Å². The molecule has 0 aliphatic carbocycles. The standard InChI is InChI=1S/C16H28N2O/c1-3-5-6-10-13-15(18-17)16(19-4-2)14-11-8-7-9-12-14/h7-9,11-12,15-16,18H,3-6,10,13,17H2,1-2H3. The topological polar surface area (TPSA) is 47.3 Å². The van der Waals surface area contributed by atoms with Crippen LogP contribution in [-0.2, 0) is 4.74 Å². The Morgan fingerprint density at radius 3 is 2.42 bits per heavy atom. The van der Waals surface area contributed by atoms with Crippen molar-refractivity contribution in [3.63, 3.8) is 0 Å². The summed E-state index contributed by atoms with van der Waals surface area (Å²) in [5.74, 6) is 5.73. The lowest BCUT2D eigenvalue weighted by molar-refractivity contribution is 0.0301.